The number of Topliss-reactive ketones (excluding diaryl/α,β-unsaturated/α-hetero) is 1. The zero-order valence-electron chi connectivity index (χ0n) is 11.2. The molecule has 3 aromatic rings. The molecule has 3 rings (SSSR count). The van der Waals surface area contributed by atoms with E-state index in [-0.39, 0.29) is 22.5 Å². The van der Waals surface area contributed by atoms with Crippen LogP contribution in [0.25, 0.3) is 22.1 Å². The summed E-state index contributed by atoms with van der Waals surface area (Å²) in [7, 11) is 0. The number of hydrogen-bond acceptors (Lipinski definition) is 3. The Morgan fingerprint density at radius 1 is 1.10 bits per heavy atom. The second-order valence-electron chi connectivity index (χ2n) is 4.70. The Morgan fingerprint density at radius 3 is 2.57 bits per heavy atom. The lowest BCUT2D eigenvalue weighted by molar-refractivity contribution is 0.0989. The molecule has 0 bridgehead atoms. The average molecular weight is 282 g/mol. The molecule has 2 aromatic carbocycles. The number of carbonyl (C=O) groups is 1. The molecule has 0 radical (unpaired) electrons. The third-order valence-electron chi connectivity index (χ3n) is 3.23. The summed E-state index contributed by atoms with van der Waals surface area (Å²) in [6.45, 7) is 1.32. The van der Waals surface area contributed by atoms with Gasteiger partial charge in [-0.25, -0.2) is 4.39 Å². The molecule has 0 spiro atoms. The smallest absolute Gasteiger partial charge is 0.201 e. The number of benzene rings is 2. The highest BCUT2D eigenvalue weighted by atomic mass is 19.1. The fourth-order valence-electron chi connectivity index (χ4n) is 2.30. The molecule has 0 saturated carbocycles. The van der Waals surface area contributed by atoms with E-state index in [0.717, 1.165) is 0 Å². The van der Waals surface area contributed by atoms with Gasteiger partial charge in [0.25, 0.3) is 0 Å². The highest BCUT2D eigenvalue weighted by molar-refractivity contribution is 6.00. The van der Waals surface area contributed by atoms with E-state index in [2.05, 4.69) is 0 Å². The summed E-state index contributed by atoms with van der Waals surface area (Å²) in [6, 6.07) is 12.2. The summed E-state index contributed by atoms with van der Waals surface area (Å²) in [6.07, 6.45) is 0. The number of rotatable bonds is 2. The minimum atomic E-state index is -0.477. The molecule has 0 aliphatic rings. The van der Waals surface area contributed by atoms with Crippen LogP contribution >= 0.6 is 0 Å². The van der Waals surface area contributed by atoms with Gasteiger partial charge in [0.05, 0.1) is 10.9 Å². The molecule has 0 N–H and O–H groups in total. The predicted molar refractivity (Wildman–Crippen MR) is 77.9 cm³/mol. The maximum Gasteiger partial charge on any atom is 0.201 e. The minimum Gasteiger partial charge on any atom is -0.452 e. The van der Waals surface area contributed by atoms with Gasteiger partial charge < -0.3 is 4.42 Å². The van der Waals surface area contributed by atoms with E-state index in [9.17, 15) is 14.0 Å². The van der Waals surface area contributed by atoms with Crippen LogP contribution in [-0.2, 0) is 0 Å². The van der Waals surface area contributed by atoms with Crippen molar-refractivity contribution in [2.45, 2.75) is 6.92 Å². The van der Waals surface area contributed by atoms with Crippen LogP contribution < -0.4 is 5.43 Å². The Hall–Kier alpha value is -2.75. The van der Waals surface area contributed by atoms with Crippen molar-refractivity contribution in [3.05, 3.63) is 70.3 Å². The summed E-state index contributed by atoms with van der Waals surface area (Å²) in [5.74, 6) is -0.907. The van der Waals surface area contributed by atoms with Crippen molar-refractivity contribution < 1.29 is 13.6 Å². The standard InChI is InChI=1S/C17H11FO3/c1-10(19)17-15(11-5-4-6-12(18)9-11)16(20)13-7-2-3-8-14(13)21-17/h2-9H,1H3. The maximum atomic E-state index is 13.4. The van der Waals surface area contributed by atoms with Crippen molar-refractivity contribution in [2.24, 2.45) is 0 Å². The molecule has 0 amide bonds. The van der Waals surface area contributed by atoms with Crippen molar-refractivity contribution >= 4 is 16.8 Å². The van der Waals surface area contributed by atoms with Gasteiger partial charge in [-0.3, -0.25) is 9.59 Å². The van der Waals surface area contributed by atoms with Crippen LogP contribution in [0.15, 0.2) is 57.7 Å². The lowest BCUT2D eigenvalue weighted by Crippen LogP contribution is -2.11. The Kier molecular flexibility index (Phi) is 3.14. The lowest BCUT2D eigenvalue weighted by atomic mass is 10.0. The molecule has 0 aliphatic heterocycles. The van der Waals surface area contributed by atoms with Crippen molar-refractivity contribution in [3.63, 3.8) is 0 Å². The zero-order valence-corrected chi connectivity index (χ0v) is 11.2. The quantitative estimate of drug-likeness (QED) is 0.672. The van der Waals surface area contributed by atoms with Gasteiger partial charge in [0.2, 0.25) is 5.43 Å². The van der Waals surface area contributed by atoms with Crippen molar-refractivity contribution in [3.8, 4) is 11.1 Å². The molecular weight excluding hydrogens is 271 g/mol. The third kappa shape index (κ3) is 2.25. The second-order valence-corrected chi connectivity index (χ2v) is 4.70. The summed E-state index contributed by atoms with van der Waals surface area (Å²) >= 11 is 0. The van der Waals surface area contributed by atoms with Crippen LogP contribution in [0, 0.1) is 5.82 Å². The molecule has 0 unspecified atom stereocenters. The Morgan fingerprint density at radius 2 is 1.86 bits per heavy atom. The van der Waals surface area contributed by atoms with Gasteiger partial charge in [0, 0.05) is 6.92 Å². The molecule has 0 atom stereocenters. The average Bonchev–Trinajstić information content (AvgIpc) is 2.47. The molecule has 1 heterocycles. The topological polar surface area (TPSA) is 47.3 Å². The normalized spacial score (nSPS) is 10.8. The SMILES string of the molecule is CC(=O)c1oc2ccccc2c(=O)c1-c1cccc(F)c1. The van der Waals surface area contributed by atoms with Crippen molar-refractivity contribution in [1.82, 2.24) is 0 Å². The molecule has 3 nitrogen and oxygen atoms in total. The molecule has 104 valence electrons. The first-order chi connectivity index (χ1) is 10.1. The van der Waals surface area contributed by atoms with Gasteiger partial charge in [0.15, 0.2) is 11.5 Å². The van der Waals surface area contributed by atoms with E-state index in [1.165, 1.54) is 25.1 Å². The molecule has 21 heavy (non-hydrogen) atoms. The van der Waals surface area contributed by atoms with Crippen LogP contribution in [-0.4, -0.2) is 5.78 Å². The molecular formula is C17H11FO3. The predicted octanol–water partition coefficient (Wildman–Crippen LogP) is 3.80. The zero-order chi connectivity index (χ0) is 15.0. The number of para-hydroxylation sites is 1. The first-order valence-corrected chi connectivity index (χ1v) is 6.40. The van der Waals surface area contributed by atoms with Gasteiger partial charge in [-0.15, -0.1) is 0 Å². The summed E-state index contributed by atoms with van der Waals surface area (Å²) in [4.78, 5) is 24.4. The number of halogens is 1. The number of fused-ring (bicyclic) bond motifs is 1. The van der Waals surface area contributed by atoms with Gasteiger partial charge in [-0.1, -0.05) is 24.3 Å². The number of carbonyl (C=O) groups excluding carboxylic acids is 1. The fourth-order valence-corrected chi connectivity index (χ4v) is 2.30. The number of hydrogen-bond donors (Lipinski definition) is 0. The third-order valence-corrected chi connectivity index (χ3v) is 3.23. The largest absolute Gasteiger partial charge is 0.452 e. The van der Waals surface area contributed by atoms with Crippen molar-refractivity contribution in [1.29, 1.82) is 0 Å². The van der Waals surface area contributed by atoms with Gasteiger partial charge >= 0.3 is 0 Å². The van der Waals surface area contributed by atoms with Crippen LogP contribution in [0.1, 0.15) is 17.5 Å². The van der Waals surface area contributed by atoms with E-state index < -0.39 is 5.82 Å². The van der Waals surface area contributed by atoms with Gasteiger partial charge in [-0.2, -0.15) is 0 Å². The monoisotopic (exact) mass is 282 g/mol. The maximum absolute atomic E-state index is 13.4. The van der Waals surface area contributed by atoms with E-state index >= 15 is 0 Å². The highest BCUT2D eigenvalue weighted by Gasteiger charge is 2.19. The minimum absolute atomic E-state index is 0.0516. The van der Waals surface area contributed by atoms with E-state index in [4.69, 9.17) is 4.42 Å². The summed E-state index contributed by atoms with van der Waals surface area (Å²) in [5, 5.41) is 0.363. The Balaban J connectivity index is 2.45. The van der Waals surface area contributed by atoms with Crippen molar-refractivity contribution in [2.75, 3.05) is 0 Å². The second kappa shape index (κ2) is 4.98. The summed E-state index contributed by atoms with van der Waals surface area (Å²) in [5.41, 5.74) is 0.431. The van der Waals surface area contributed by atoms with Crippen LogP contribution in [0.2, 0.25) is 0 Å². The van der Waals surface area contributed by atoms with E-state index in [0.29, 0.717) is 16.5 Å². The fraction of sp³-hybridized carbons (Fsp3) is 0.0588. The highest BCUT2D eigenvalue weighted by Crippen LogP contribution is 2.25. The molecule has 0 fully saturated rings. The number of ketones is 1. The van der Waals surface area contributed by atoms with E-state index in [1.54, 1.807) is 30.3 Å². The van der Waals surface area contributed by atoms with Crippen LogP contribution in [0.4, 0.5) is 4.39 Å². The van der Waals surface area contributed by atoms with E-state index in [1.807, 2.05) is 0 Å². The van der Waals surface area contributed by atoms with Gasteiger partial charge in [-0.05, 0) is 29.8 Å². The first-order valence-electron chi connectivity index (χ1n) is 6.40. The molecule has 0 aliphatic carbocycles. The lowest BCUT2D eigenvalue weighted by Gasteiger charge is -2.08. The molecule has 1 aromatic heterocycles. The van der Waals surface area contributed by atoms with Crippen LogP contribution in [0.3, 0.4) is 0 Å². The van der Waals surface area contributed by atoms with Crippen LogP contribution in [0.5, 0.6) is 0 Å². The van der Waals surface area contributed by atoms with Gasteiger partial charge in [0.1, 0.15) is 11.4 Å². The Bertz CT molecular complexity index is 909. The first kappa shape index (κ1) is 13.2. The Labute approximate surface area is 119 Å². The summed E-state index contributed by atoms with van der Waals surface area (Å²) < 4.78 is 19.0. The molecule has 4 heteroatoms. The molecule has 0 saturated heterocycles.